The van der Waals surface area contributed by atoms with Crippen molar-refractivity contribution in [1.29, 1.82) is 0 Å². The molecular weight excluding hydrogens is 229 g/mol. The number of halogens is 2. The highest BCUT2D eigenvalue weighted by Crippen LogP contribution is 2.12. The minimum atomic E-state index is 0.681. The van der Waals surface area contributed by atoms with E-state index in [1.165, 1.54) is 5.56 Å². The molecule has 0 saturated carbocycles. The molecule has 3 heteroatoms. The summed E-state index contributed by atoms with van der Waals surface area (Å²) >= 11 is 11.7. The molecule has 0 unspecified atom stereocenters. The molecule has 0 spiro atoms. The van der Waals surface area contributed by atoms with Crippen molar-refractivity contribution < 1.29 is 0 Å². The van der Waals surface area contributed by atoms with Gasteiger partial charge in [-0.15, -0.1) is 11.6 Å². The third kappa shape index (κ3) is 4.87. The van der Waals surface area contributed by atoms with Gasteiger partial charge in [0.1, 0.15) is 0 Å². The average Bonchev–Trinajstić information content (AvgIpc) is 2.18. The highest BCUT2D eigenvalue weighted by atomic mass is 35.5. The molecular formula is C12H17Cl2N. The molecule has 1 aromatic carbocycles. The Kier molecular flexibility index (Phi) is 6.07. The highest BCUT2D eigenvalue weighted by molar-refractivity contribution is 6.30. The van der Waals surface area contributed by atoms with Crippen LogP contribution in [0.25, 0.3) is 0 Å². The predicted octanol–water partition coefficient (Wildman–Crippen LogP) is 3.79. The minimum absolute atomic E-state index is 0.681. The highest BCUT2D eigenvalue weighted by Gasteiger charge is 2.04. The Morgan fingerprint density at radius 3 is 2.67 bits per heavy atom. The number of hydrogen-bond acceptors (Lipinski definition) is 1. The average molecular weight is 246 g/mol. The molecule has 0 aliphatic carbocycles. The van der Waals surface area contributed by atoms with Gasteiger partial charge in [0.25, 0.3) is 0 Å². The van der Waals surface area contributed by atoms with Crippen LogP contribution in [0.15, 0.2) is 24.3 Å². The third-order valence-corrected chi connectivity index (χ3v) is 2.64. The van der Waals surface area contributed by atoms with E-state index in [0.717, 1.165) is 31.1 Å². The van der Waals surface area contributed by atoms with Gasteiger partial charge in [-0.05, 0) is 30.7 Å². The van der Waals surface area contributed by atoms with E-state index in [2.05, 4.69) is 17.9 Å². The van der Waals surface area contributed by atoms with Crippen LogP contribution in [0, 0.1) is 0 Å². The molecule has 0 amide bonds. The fraction of sp³-hybridized carbons (Fsp3) is 0.500. The van der Waals surface area contributed by atoms with E-state index in [9.17, 15) is 0 Å². The molecule has 0 radical (unpaired) electrons. The molecule has 0 atom stereocenters. The Labute approximate surface area is 102 Å². The molecule has 1 aromatic rings. The molecule has 0 bridgehead atoms. The number of benzene rings is 1. The first-order valence-corrected chi connectivity index (χ1v) is 6.20. The van der Waals surface area contributed by atoms with E-state index < -0.39 is 0 Å². The fourth-order valence-corrected chi connectivity index (χ4v) is 2.05. The van der Waals surface area contributed by atoms with Gasteiger partial charge in [-0.2, -0.15) is 0 Å². The summed E-state index contributed by atoms with van der Waals surface area (Å²) in [6.07, 6.45) is 1.15. The van der Waals surface area contributed by atoms with Crippen molar-refractivity contribution in [2.24, 2.45) is 0 Å². The lowest BCUT2D eigenvalue weighted by atomic mass is 10.2. The molecule has 0 heterocycles. The Morgan fingerprint density at radius 2 is 2.07 bits per heavy atom. The van der Waals surface area contributed by atoms with Crippen LogP contribution in [0.3, 0.4) is 0 Å². The Bertz CT molecular complexity index is 283. The van der Waals surface area contributed by atoms with E-state index in [1.807, 2.05) is 18.2 Å². The van der Waals surface area contributed by atoms with Crippen LogP contribution in [0.4, 0.5) is 0 Å². The molecule has 0 aliphatic rings. The van der Waals surface area contributed by atoms with Gasteiger partial charge >= 0.3 is 0 Å². The van der Waals surface area contributed by atoms with E-state index in [0.29, 0.717) is 5.88 Å². The summed E-state index contributed by atoms with van der Waals surface area (Å²) in [5, 5.41) is 0.801. The monoisotopic (exact) mass is 245 g/mol. The molecule has 0 saturated heterocycles. The Morgan fingerprint density at radius 1 is 1.27 bits per heavy atom. The number of hydrogen-bond donors (Lipinski definition) is 0. The minimum Gasteiger partial charge on any atom is -0.298 e. The standard InChI is InChI=1S/C12H17Cl2N/c1-2-7-15(8-6-13)10-11-4-3-5-12(14)9-11/h3-5,9H,2,6-8,10H2,1H3. The molecule has 0 aliphatic heterocycles. The van der Waals surface area contributed by atoms with Crippen LogP contribution in [-0.4, -0.2) is 23.9 Å². The van der Waals surface area contributed by atoms with Crippen LogP contribution in [0.5, 0.6) is 0 Å². The maximum atomic E-state index is 5.94. The van der Waals surface area contributed by atoms with Gasteiger partial charge in [-0.1, -0.05) is 30.7 Å². The van der Waals surface area contributed by atoms with Crippen LogP contribution < -0.4 is 0 Å². The zero-order chi connectivity index (χ0) is 11.1. The van der Waals surface area contributed by atoms with Crippen molar-refractivity contribution in [3.63, 3.8) is 0 Å². The van der Waals surface area contributed by atoms with E-state index in [1.54, 1.807) is 0 Å². The fourth-order valence-electron chi connectivity index (χ4n) is 1.60. The summed E-state index contributed by atoms with van der Waals surface area (Å²) in [4.78, 5) is 2.35. The first-order chi connectivity index (χ1) is 7.26. The van der Waals surface area contributed by atoms with Gasteiger partial charge in [0.05, 0.1) is 0 Å². The summed E-state index contributed by atoms with van der Waals surface area (Å²) in [6.45, 7) is 5.13. The van der Waals surface area contributed by atoms with Gasteiger partial charge in [0.2, 0.25) is 0 Å². The van der Waals surface area contributed by atoms with E-state index >= 15 is 0 Å². The third-order valence-electron chi connectivity index (χ3n) is 2.24. The van der Waals surface area contributed by atoms with Crippen molar-refractivity contribution in [3.05, 3.63) is 34.9 Å². The van der Waals surface area contributed by atoms with Crippen molar-refractivity contribution >= 4 is 23.2 Å². The quantitative estimate of drug-likeness (QED) is 0.690. The SMILES string of the molecule is CCCN(CCCl)Cc1cccc(Cl)c1. The van der Waals surface area contributed by atoms with Gasteiger partial charge in [-0.25, -0.2) is 0 Å². The molecule has 1 rings (SSSR count). The molecule has 15 heavy (non-hydrogen) atoms. The number of alkyl halides is 1. The first-order valence-electron chi connectivity index (χ1n) is 5.29. The van der Waals surface area contributed by atoms with E-state index in [-0.39, 0.29) is 0 Å². The second-order valence-corrected chi connectivity index (χ2v) is 4.41. The number of rotatable bonds is 6. The summed E-state index contributed by atoms with van der Waals surface area (Å²) in [7, 11) is 0. The van der Waals surface area contributed by atoms with Crippen molar-refractivity contribution in [2.45, 2.75) is 19.9 Å². The smallest absolute Gasteiger partial charge is 0.0409 e. The molecule has 0 N–H and O–H groups in total. The van der Waals surface area contributed by atoms with Gasteiger partial charge in [0, 0.05) is 24.0 Å². The maximum Gasteiger partial charge on any atom is 0.0409 e. The summed E-state index contributed by atoms with van der Waals surface area (Å²) in [5.41, 5.74) is 1.25. The maximum absolute atomic E-state index is 5.94. The van der Waals surface area contributed by atoms with Gasteiger partial charge in [-0.3, -0.25) is 4.90 Å². The largest absolute Gasteiger partial charge is 0.298 e. The van der Waals surface area contributed by atoms with Crippen LogP contribution in [-0.2, 0) is 6.54 Å². The lowest BCUT2D eigenvalue weighted by Crippen LogP contribution is -2.26. The summed E-state index contributed by atoms with van der Waals surface area (Å²) < 4.78 is 0. The van der Waals surface area contributed by atoms with Crippen LogP contribution in [0.2, 0.25) is 5.02 Å². The second kappa shape index (κ2) is 7.10. The second-order valence-electron chi connectivity index (χ2n) is 3.60. The lowest BCUT2D eigenvalue weighted by molar-refractivity contribution is 0.282. The summed E-state index contributed by atoms with van der Waals surface area (Å²) in [5.74, 6) is 0.681. The lowest BCUT2D eigenvalue weighted by Gasteiger charge is -2.20. The number of nitrogens with zero attached hydrogens (tertiary/aromatic N) is 1. The Hall–Kier alpha value is -0.240. The van der Waals surface area contributed by atoms with Gasteiger partial charge in [0.15, 0.2) is 0 Å². The molecule has 1 nitrogen and oxygen atoms in total. The predicted molar refractivity (Wildman–Crippen MR) is 67.7 cm³/mol. The zero-order valence-electron chi connectivity index (χ0n) is 9.05. The van der Waals surface area contributed by atoms with Crippen molar-refractivity contribution in [3.8, 4) is 0 Å². The Balaban J connectivity index is 2.56. The topological polar surface area (TPSA) is 3.24 Å². The summed E-state index contributed by atoms with van der Waals surface area (Å²) in [6, 6.07) is 8.00. The van der Waals surface area contributed by atoms with E-state index in [4.69, 9.17) is 23.2 Å². The molecule has 84 valence electrons. The first kappa shape index (κ1) is 12.8. The van der Waals surface area contributed by atoms with Crippen molar-refractivity contribution in [2.75, 3.05) is 19.0 Å². The molecule has 0 aromatic heterocycles. The van der Waals surface area contributed by atoms with Crippen molar-refractivity contribution in [1.82, 2.24) is 4.90 Å². The zero-order valence-corrected chi connectivity index (χ0v) is 10.6. The van der Waals surface area contributed by atoms with Crippen LogP contribution >= 0.6 is 23.2 Å². The van der Waals surface area contributed by atoms with Crippen LogP contribution in [0.1, 0.15) is 18.9 Å². The molecule has 0 fully saturated rings. The van der Waals surface area contributed by atoms with Gasteiger partial charge < -0.3 is 0 Å². The normalized spacial score (nSPS) is 10.9.